The van der Waals surface area contributed by atoms with Crippen molar-refractivity contribution < 1.29 is 43.2 Å². The second-order valence-electron chi connectivity index (χ2n) is 22.5. The van der Waals surface area contributed by atoms with Gasteiger partial charge in [0.25, 0.3) is 5.91 Å². The van der Waals surface area contributed by atoms with E-state index in [2.05, 4.69) is 63.5 Å². The first-order valence-electron chi connectivity index (χ1n) is 31.7. The minimum atomic E-state index is -0.738. The van der Waals surface area contributed by atoms with Crippen LogP contribution in [-0.4, -0.2) is 89.0 Å². The lowest BCUT2D eigenvalue weighted by molar-refractivity contribution is -0.143. The van der Waals surface area contributed by atoms with Crippen LogP contribution in [0, 0.1) is 0 Å². The fourth-order valence-corrected chi connectivity index (χ4v) is 10.8. The summed E-state index contributed by atoms with van der Waals surface area (Å²) < 4.78 is 27.1. The maximum Gasteiger partial charge on any atom is 0.347 e. The lowest BCUT2D eigenvalue weighted by atomic mass is 10.00. The van der Waals surface area contributed by atoms with E-state index in [1.54, 1.807) is 17.0 Å². The van der Waals surface area contributed by atoms with Crippen molar-refractivity contribution >= 4 is 61.7 Å². The largest absolute Gasteiger partial charge is 0.466 e. The molecule has 3 saturated heterocycles. The minimum Gasteiger partial charge on any atom is -0.466 e. The van der Waals surface area contributed by atoms with E-state index in [4.69, 9.17) is 29.4 Å². The number of carbonyl (C=O) groups excluding carboxylic acids is 3. The topological polar surface area (TPSA) is 186 Å². The molecule has 3 aliphatic heterocycles. The smallest absolute Gasteiger partial charge is 0.347 e. The van der Waals surface area contributed by atoms with E-state index in [1.165, 1.54) is 24.0 Å². The molecule has 0 bridgehead atoms. The van der Waals surface area contributed by atoms with Gasteiger partial charge >= 0.3 is 5.97 Å². The number of aliphatic hydroxyl groups excluding tert-OH is 1. The van der Waals surface area contributed by atoms with E-state index in [1.807, 2.05) is 212 Å². The lowest BCUT2D eigenvalue weighted by Gasteiger charge is -2.17. The molecule has 14 nitrogen and oxygen atoms in total. The van der Waals surface area contributed by atoms with Crippen LogP contribution in [-0.2, 0) is 30.3 Å². The van der Waals surface area contributed by atoms with Gasteiger partial charge in [0.05, 0.1) is 23.2 Å². The number of aromatic nitrogens is 3. The highest BCUT2D eigenvalue weighted by Crippen LogP contribution is 2.30. The molecule has 3 aliphatic rings. The second kappa shape index (κ2) is 32.8. The fraction of sp³-hybridized carbons (Fsp3) is 0.175. The number of anilines is 2. The Bertz CT molecular complexity index is 4380. The van der Waals surface area contributed by atoms with Crippen LogP contribution in [0.1, 0.15) is 37.7 Å². The van der Waals surface area contributed by atoms with Crippen molar-refractivity contribution in [1.29, 1.82) is 0 Å². The van der Waals surface area contributed by atoms with Crippen LogP contribution in [0.4, 0.5) is 11.4 Å². The number of nitrogens with two attached hydrogens (primary N) is 1. The summed E-state index contributed by atoms with van der Waals surface area (Å²) >= 11 is 0. The number of amides is 1. The van der Waals surface area contributed by atoms with E-state index in [-0.39, 0.29) is 37.1 Å². The molecule has 3 unspecified atom stereocenters. The Hall–Kier alpha value is -11.1. The Morgan fingerprint density at radius 2 is 0.904 bits per heavy atom. The standard InChI is InChI=1S/C26H23NO3.C25H20N2O2.C13H11NO3.C12H11N.C4H8O/c28-17-16-25(30-26-15-14-22-8-4-5-9-23(22)27-26)24(29)18-19-10-12-21(13-11-19)20-6-2-1-3-7-20;28-25-23(29-24-15-12-20-8-4-5-9-22(20)26-24)16-17-27(25)21-13-10-19(11-14-21)18-6-2-1-3-7-18;15-13-11(7-8-16-13)17-12-6-5-9-3-1-2-4-10(9)14-12;13-12-8-6-11(7-9-12)10-4-2-1-3-5-10;1-2-4-5-3-1/h1-15,25,28H,16-18H2;1-15,23H,16-17H2;1-6,11H,7-8H2;1-9H,13H2;1-4H2. The average Bonchev–Trinajstić information content (AvgIpc) is 1.74. The van der Waals surface area contributed by atoms with Gasteiger partial charge in [-0.1, -0.05) is 194 Å². The van der Waals surface area contributed by atoms with Crippen LogP contribution in [0.25, 0.3) is 66.1 Å². The molecule has 14 heteroatoms. The van der Waals surface area contributed by atoms with Gasteiger partial charge in [-0.2, -0.15) is 0 Å². The van der Waals surface area contributed by atoms with Crippen molar-refractivity contribution in [3.8, 4) is 51.0 Å². The Kier molecular flexibility index (Phi) is 22.5. The van der Waals surface area contributed by atoms with Crippen LogP contribution >= 0.6 is 0 Å². The average molecular weight is 1250 g/mol. The Morgan fingerprint density at radius 1 is 0.479 bits per heavy atom. The molecule has 3 N–H and O–H groups in total. The number of para-hydroxylation sites is 3. The number of nitrogen functional groups attached to an aromatic ring is 1. The summed E-state index contributed by atoms with van der Waals surface area (Å²) in [6.07, 6.45) is 2.52. The first-order valence-corrected chi connectivity index (χ1v) is 31.7. The maximum atomic E-state index is 12.9. The third-order valence-corrected chi connectivity index (χ3v) is 15.9. The van der Waals surface area contributed by atoms with E-state index >= 15 is 0 Å². The van der Waals surface area contributed by atoms with Crippen molar-refractivity contribution in [3.63, 3.8) is 0 Å². The van der Waals surface area contributed by atoms with Crippen LogP contribution in [0.5, 0.6) is 17.6 Å². The maximum absolute atomic E-state index is 12.9. The highest BCUT2D eigenvalue weighted by Gasteiger charge is 2.35. The van der Waals surface area contributed by atoms with Crippen molar-refractivity contribution in [1.82, 2.24) is 15.0 Å². The number of hydrogen-bond acceptors (Lipinski definition) is 13. The monoisotopic (exact) mass is 1250 g/mol. The molecule has 3 fully saturated rings. The molecule has 9 aromatic carbocycles. The molecular weight excluding hydrogens is 1170 g/mol. The zero-order valence-corrected chi connectivity index (χ0v) is 52.1. The Labute approximate surface area is 547 Å². The van der Waals surface area contributed by atoms with Crippen molar-refractivity contribution in [2.45, 2.75) is 56.8 Å². The second-order valence-corrected chi connectivity index (χ2v) is 22.5. The summed E-state index contributed by atoms with van der Waals surface area (Å²) in [4.78, 5) is 52.2. The van der Waals surface area contributed by atoms with Crippen molar-refractivity contribution in [3.05, 3.63) is 279 Å². The van der Waals surface area contributed by atoms with E-state index < -0.39 is 18.3 Å². The number of benzene rings is 9. The number of aliphatic hydroxyl groups is 1. The number of nitrogens with zero attached hydrogens (tertiary/aromatic N) is 4. The molecule has 1 amide bonds. The zero-order valence-electron chi connectivity index (χ0n) is 52.1. The summed E-state index contributed by atoms with van der Waals surface area (Å²) in [7, 11) is 0. The zero-order chi connectivity index (χ0) is 64.7. The Balaban J connectivity index is 0.000000130. The number of fused-ring (bicyclic) bond motifs is 3. The predicted octanol–water partition coefficient (Wildman–Crippen LogP) is 15.6. The van der Waals surface area contributed by atoms with Gasteiger partial charge in [-0.3, -0.25) is 9.59 Å². The van der Waals surface area contributed by atoms with Gasteiger partial charge in [-0.05, 0) is 112 Å². The molecule has 0 radical (unpaired) electrons. The lowest BCUT2D eigenvalue weighted by Crippen LogP contribution is -2.32. The summed E-state index contributed by atoms with van der Waals surface area (Å²) in [6.45, 7) is 2.94. The number of hydrogen-bond donors (Lipinski definition) is 2. The van der Waals surface area contributed by atoms with Gasteiger partial charge in [-0.15, -0.1) is 0 Å². The van der Waals surface area contributed by atoms with Crippen molar-refractivity contribution in [2.24, 2.45) is 0 Å². The van der Waals surface area contributed by atoms with E-state index in [0.717, 1.165) is 85.1 Å². The molecule has 15 rings (SSSR count). The third kappa shape index (κ3) is 17.9. The van der Waals surface area contributed by atoms with Gasteiger partial charge < -0.3 is 39.4 Å². The summed E-state index contributed by atoms with van der Waals surface area (Å²) in [5.41, 5.74) is 17.7. The highest BCUT2D eigenvalue weighted by molar-refractivity contribution is 5.99. The summed E-state index contributed by atoms with van der Waals surface area (Å²) in [5, 5.41) is 12.5. The molecular formula is C80H73N5O9. The number of Topliss-reactive ketones (excluding diaryl/α,β-unsaturated/α-hetero) is 1. The SMILES string of the molecule is C1CCOC1.Nc1ccc(-c2ccccc2)cc1.O=C(Cc1ccc(-c2ccccc2)cc1)C(CCO)Oc1ccc2ccccc2n1.O=C1C(Oc2ccc3ccccc3n2)CCN1c1ccc(-c2ccccc2)cc1.O=C1OCCC1Oc1ccc2ccccc2n1. The number of carbonyl (C=O) groups is 3. The number of ether oxygens (including phenoxy) is 5. The molecule has 94 heavy (non-hydrogen) atoms. The molecule has 0 spiro atoms. The Morgan fingerprint density at radius 3 is 1.36 bits per heavy atom. The molecule has 12 aromatic rings. The van der Waals surface area contributed by atoms with Gasteiger partial charge in [0.1, 0.15) is 0 Å². The summed E-state index contributed by atoms with van der Waals surface area (Å²) in [6, 6.07) is 89.1. The molecule has 3 atom stereocenters. The first kappa shape index (κ1) is 64.5. The first-order chi connectivity index (χ1) is 46.2. The fourth-order valence-electron chi connectivity index (χ4n) is 10.8. The normalized spacial score (nSPS) is 15.0. The number of cyclic esters (lactones) is 1. The van der Waals surface area contributed by atoms with Gasteiger partial charge in [0, 0.05) is 97.8 Å². The number of ketones is 1. The number of rotatable bonds is 15. The molecule has 3 aromatic heterocycles. The van der Waals surface area contributed by atoms with Gasteiger partial charge in [0.15, 0.2) is 18.0 Å². The predicted molar refractivity (Wildman–Crippen MR) is 372 cm³/mol. The highest BCUT2D eigenvalue weighted by atomic mass is 16.6. The molecule has 472 valence electrons. The molecule has 6 heterocycles. The van der Waals surface area contributed by atoms with Crippen LogP contribution in [0.2, 0.25) is 0 Å². The van der Waals surface area contributed by atoms with Gasteiger partial charge in [0.2, 0.25) is 23.7 Å². The number of pyridine rings is 3. The van der Waals surface area contributed by atoms with Crippen LogP contribution in [0.15, 0.2) is 273 Å². The van der Waals surface area contributed by atoms with Crippen LogP contribution < -0.4 is 24.8 Å². The quantitative estimate of drug-likeness (QED) is 0.0730. The minimum absolute atomic E-state index is 0.0209. The van der Waals surface area contributed by atoms with Crippen molar-refractivity contribution in [2.75, 3.05) is 43.6 Å². The van der Waals surface area contributed by atoms with E-state index in [0.29, 0.717) is 43.6 Å². The molecule has 0 saturated carbocycles. The third-order valence-electron chi connectivity index (χ3n) is 15.9. The van der Waals surface area contributed by atoms with Crippen LogP contribution in [0.3, 0.4) is 0 Å². The number of esters is 1. The van der Waals surface area contributed by atoms with Gasteiger partial charge in [-0.25, -0.2) is 19.7 Å². The summed E-state index contributed by atoms with van der Waals surface area (Å²) in [5.74, 6) is 0.939. The molecule has 0 aliphatic carbocycles. The van der Waals surface area contributed by atoms with E-state index in [9.17, 15) is 19.5 Å².